The van der Waals surface area contributed by atoms with Crippen LogP contribution in [0.4, 0.5) is 5.69 Å². The number of hydrogen-bond acceptors (Lipinski definition) is 3. The minimum absolute atomic E-state index is 0.0410. The van der Waals surface area contributed by atoms with Gasteiger partial charge >= 0.3 is 0 Å². The lowest BCUT2D eigenvalue weighted by atomic mass is 10.1. The average Bonchev–Trinajstić information content (AvgIpc) is 2.36. The van der Waals surface area contributed by atoms with E-state index in [0.29, 0.717) is 18.5 Å². The minimum Gasteiger partial charge on any atom is -0.399 e. The van der Waals surface area contributed by atoms with Crippen molar-refractivity contribution in [1.82, 2.24) is 10.2 Å². The molecule has 20 heavy (non-hydrogen) atoms. The third kappa shape index (κ3) is 5.73. The van der Waals surface area contributed by atoms with Gasteiger partial charge in [-0.15, -0.1) is 0 Å². The summed E-state index contributed by atoms with van der Waals surface area (Å²) in [5, 5.41) is 2.76. The Morgan fingerprint density at radius 3 is 2.40 bits per heavy atom. The SMILES string of the molecule is CC(C)NC(=O)CN(C)C(=O)CCc1ccc(N)cc1. The summed E-state index contributed by atoms with van der Waals surface area (Å²) in [5.41, 5.74) is 7.38. The maximum absolute atomic E-state index is 11.9. The number of likely N-dealkylation sites (N-methyl/N-ethyl adjacent to an activating group) is 1. The lowest BCUT2D eigenvalue weighted by Gasteiger charge is -2.18. The number of amides is 2. The predicted octanol–water partition coefficient (Wildman–Crippen LogP) is 1.18. The van der Waals surface area contributed by atoms with Gasteiger partial charge in [0.15, 0.2) is 0 Å². The second-order valence-corrected chi connectivity index (χ2v) is 5.21. The van der Waals surface area contributed by atoms with Crippen LogP contribution in [0.15, 0.2) is 24.3 Å². The summed E-state index contributed by atoms with van der Waals surface area (Å²) in [6, 6.07) is 7.54. The van der Waals surface area contributed by atoms with Crippen molar-refractivity contribution >= 4 is 17.5 Å². The molecule has 0 radical (unpaired) electrons. The van der Waals surface area contributed by atoms with E-state index in [1.165, 1.54) is 4.90 Å². The molecule has 0 aliphatic rings. The highest BCUT2D eigenvalue weighted by Crippen LogP contribution is 2.08. The van der Waals surface area contributed by atoms with Gasteiger partial charge in [-0.1, -0.05) is 12.1 Å². The first-order chi connectivity index (χ1) is 9.38. The summed E-state index contributed by atoms with van der Waals surface area (Å²) in [5.74, 6) is -0.177. The van der Waals surface area contributed by atoms with Crippen molar-refractivity contribution in [3.05, 3.63) is 29.8 Å². The van der Waals surface area contributed by atoms with Crippen molar-refractivity contribution in [2.75, 3.05) is 19.3 Å². The fraction of sp³-hybridized carbons (Fsp3) is 0.467. The van der Waals surface area contributed by atoms with Crippen molar-refractivity contribution in [2.45, 2.75) is 32.7 Å². The number of nitrogens with one attached hydrogen (secondary N) is 1. The molecule has 0 saturated heterocycles. The van der Waals surface area contributed by atoms with Crippen LogP contribution in [-0.2, 0) is 16.0 Å². The monoisotopic (exact) mass is 277 g/mol. The average molecular weight is 277 g/mol. The molecule has 1 rings (SSSR count). The first-order valence-corrected chi connectivity index (χ1v) is 6.76. The van der Waals surface area contributed by atoms with Crippen LogP contribution in [0, 0.1) is 0 Å². The number of nitrogen functional groups attached to an aromatic ring is 1. The van der Waals surface area contributed by atoms with E-state index in [0.717, 1.165) is 5.56 Å². The van der Waals surface area contributed by atoms with Gasteiger partial charge in [0.1, 0.15) is 0 Å². The Kier molecular flexibility index (Phi) is 6.03. The Bertz CT molecular complexity index is 455. The smallest absolute Gasteiger partial charge is 0.239 e. The molecule has 5 nitrogen and oxygen atoms in total. The van der Waals surface area contributed by atoms with Gasteiger partial charge in [-0.25, -0.2) is 0 Å². The van der Waals surface area contributed by atoms with Crippen LogP contribution in [-0.4, -0.2) is 36.3 Å². The van der Waals surface area contributed by atoms with Crippen LogP contribution in [0.5, 0.6) is 0 Å². The van der Waals surface area contributed by atoms with Crippen LogP contribution in [0.3, 0.4) is 0 Å². The molecule has 0 atom stereocenters. The topological polar surface area (TPSA) is 75.4 Å². The summed E-state index contributed by atoms with van der Waals surface area (Å²) >= 11 is 0. The molecule has 5 heteroatoms. The Morgan fingerprint density at radius 2 is 1.85 bits per heavy atom. The van der Waals surface area contributed by atoms with Gasteiger partial charge in [-0.05, 0) is 38.0 Å². The summed E-state index contributed by atoms with van der Waals surface area (Å²) < 4.78 is 0. The summed E-state index contributed by atoms with van der Waals surface area (Å²) in [6.07, 6.45) is 1.03. The molecule has 0 saturated carbocycles. The van der Waals surface area contributed by atoms with Gasteiger partial charge in [0, 0.05) is 25.2 Å². The fourth-order valence-electron chi connectivity index (χ4n) is 1.80. The zero-order valence-corrected chi connectivity index (χ0v) is 12.3. The number of aryl methyl sites for hydroxylation is 1. The molecular weight excluding hydrogens is 254 g/mol. The normalized spacial score (nSPS) is 10.4. The van der Waals surface area contributed by atoms with E-state index < -0.39 is 0 Å². The van der Waals surface area contributed by atoms with Crippen LogP contribution in [0.2, 0.25) is 0 Å². The van der Waals surface area contributed by atoms with Crippen LogP contribution in [0.1, 0.15) is 25.8 Å². The molecule has 0 unspecified atom stereocenters. The number of nitrogens with zero attached hydrogens (tertiary/aromatic N) is 1. The van der Waals surface area contributed by atoms with Gasteiger partial charge in [-0.2, -0.15) is 0 Å². The highest BCUT2D eigenvalue weighted by atomic mass is 16.2. The number of hydrogen-bond donors (Lipinski definition) is 2. The standard InChI is InChI=1S/C15H23N3O2/c1-11(2)17-14(19)10-18(3)15(20)9-6-12-4-7-13(16)8-5-12/h4-5,7-8,11H,6,9-10,16H2,1-3H3,(H,17,19). The largest absolute Gasteiger partial charge is 0.399 e. The van der Waals surface area contributed by atoms with Crippen LogP contribution >= 0.6 is 0 Å². The third-order valence-electron chi connectivity index (χ3n) is 2.86. The Hall–Kier alpha value is -2.04. The first-order valence-electron chi connectivity index (χ1n) is 6.76. The minimum atomic E-state index is -0.136. The van der Waals surface area contributed by atoms with Gasteiger partial charge < -0.3 is 16.0 Å². The van der Waals surface area contributed by atoms with Gasteiger partial charge in [0.05, 0.1) is 6.54 Å². The number of benzene rings is 1. The molecule has 0 aliphatic carbocycles. The summed E-state index contributed by atoms with van der Waals surface area (Å²) in [4.78, 5) is 24.9. The van der Waals surface area contributed by atoms with E-state index in [9.17, 15) is 9.59 Å². The number of carbonyl (C=O) groups excluding carboxylic acids is 2. The highest BCUT2D eigenvalue weighted by molar-refractivity contribution is 5.84. The molecule has 0 fully saturated rings. The number of anilines is 1. The molecule has 0 heterocycles. The van der Waals surface area contributed by atoms with Gasteiger partial charge in [0.25, 0.3) is 0 Å². The van der Waals surface area contributed by atoms with Crippen molar-refractivity contribution < 1.29 is 9.59 Å². The number of carbonyl (C=O) groups is 2. The van der Waals surface area contributed by atoms with E-state index >= 15 is 0 Å². The van der Waals surface area contributed by atoms with Crippen molar-refractivity contribution in [3.63, 3.8) is 0 Å². The van der Waals surface area contributed by atoms with Crippen LogP contribution < -0.4 is 11.1 Å². The number of rotatable bonds is 6. The summed E-state index contributed by atoms with van der Waals surface area (Å²) in [7, 11) is 1.64. The second kappa shape index (κ2) is 7.53. The van der Waals surface area contributed by atoms with Crippen molar-refractivity contribution in [1.29, 1.82) is 0 Å². The van der Waals surface area contributed by atoms with Crippen molar-refractivity contribution in [2.24, 2.45) is 0 Å². The van der Waals surface area contributed by atoms with Gasteiger partial charge in [-0.3, -0.25) is 9.59 Å². The zero-order valence-electron chi connectivity index (χ0n) is 12.3. The number of nitrogens with two attached hydrogens (primary N) is 1. The summed E-state index contributed by atoms with van der Waals surface area (Å²) in [6.45, 7) is 3.88. The van der Waals surface area contributed by atoms with E-state index in [4.69, 9.17) is 5.73 Å². The lowest BCUT2D eigenvalue weighted by molar-refractivity contribution is -0.134. The molecule has 0 bridgehead atoms. The molecular formula is C15H23N3O2. The van der Waals surface area contributed by atoms with Crippen molar-refractivity contribution in [3.8, 4) is 0 Å². The van der Waals surface area contributed by atoms with Gasteiger partial charge in [0.2, 0.25) is 11.8 Å². The second-order valence-electron chi connectivity index (χ2n) is 5.21. The maximum atomic E-state index is 11.9. The molecule has 110 valence electrons. The molecule has 1 aromatic rings. The quantitative estimate of drug-likeness (QED) is 0.767. The molecule has 2 amide bonds. The predicted molar refractivity (Wildman–Crippen MR) is 80.1 cm³/mol. The zero-order chi connectivity index (χ0) is 15.1. The molecule has 0 aliphatic heterocycles. The van der Waals surface area contributed by atoms with E-state index in [1.54, 1.807) is 7.05 Å². The maximum Gasteiger partial charge on any atom is 0.239 e. The van der Waals surface area contributed by atoms with E-state index in [1.807, 2.05) is 38.1 Å². The lowest BCUT2D eigenvalue weighted by Crippen LogP contribution is -2.40. The molecule has 0 spiro atoms. The van der Waals surface area contributed by atoms with Crippen LogP contribution in [0.25, 0.3) is 0 Å². The van der Waals surface area contributed by atoms with E-state index in [2.05, 4.69) is 5.32 Å². The third-order valence-corrected chi connectivity index (χ3v) is 2.86. The fourth-order valence-corrected chi connectivity index (χ4v) is 1.80. The van der Waals surface area contributed by atoms with E-state index in [-0.39, 0.29) is 24.4 Å². The molecule has 1 aromatic carbocycles. The Balaban J connectivity index is 2.38. The Labute approximate surface area is 120 Å². The molecule has 3 N–H and O–H groups in total. The first kappa shape index (κ1) is 16.0. The Morgan fingerprint density at radius 1 is 1.25 bits per heavy atom. The highest BCUT2D eigenvalue weighted by Gasteiger charge is 2.13. The molecule has 0 aromatic heterocycles.